The summed E-state index contributed by atoms with van der Waals surface area (Å²) in [6.45, 7) is 6.86. The van der Waals surface area contributed by atoms with Gasteiger partial charge in [-0.2, -0.15) is 4.31 Å². The number of hydrogen-bond donors (Lipinski definition) is 0. The van der Waals surface area contributed by atoms with Crippen molar-refractivity contribution in [1.29, 1.82) is 0 Å². The predicted molar refractivity (Wildman–Crippen MR) is 110 cm³/mol. The van der Waals surface area contributed by atoms with Gasteiger partial charge in [-0.25, -0.2) is 13.4 Å². The number of piperazine rings is 1. The zero-order valence-electron chi connectivity index (χ0n) is 16.0. The van der Waals surface area contributed by atoms with Crippen LogP contribution in [-0.4, -0.2) is 48.8 Å². The van der Waals surface area contributed by atoms with Crippen molar-refractivity contribution in [2.24, 2.45) is 0 Å². The minimum Gasteiger partial charge on any atom is -0.463 e. The molecule has 8 heteroatoms. The number of aryl methyl sites for hydroxylation is 2. The first-order chi connectivity index (χ1) is 13.4. The van der Waals surface area contributed by atoms with Crippen molar-refractivity contribution < 1.29 is 12.8 Å². The number of nitrogens with zero attached hydrogens (tertiary/aromatic N) is 3. The van der Waals surface area contributed by atoms with Crippen LogP contribution in [0.15, 0.2) is 51.3 Å². The summed E-state index contributed by atoms with van der Waals surface area (Å²) in [6, 6.07) is 9.33. The van der Waals surface area contributed by atoms with E-state index in [1.54, 1.807) is 28.0 Å². The van der Waals surface area contributed by atoms with Crippen molar-refractivity contribution in [3.8, 4) is 11.5 Å². The summed E-state index contributed by atoms with van der Waals surface area (Å²) in [5.74, 6) is 0.770. The van der Waals surface area contributed by atoms with Crippen LogP contribution in [-0.2, 0) is 16.6 Å². The Morgan fingerprint density at radius 3 is 2.64 bits per heavy atom. The third kappa shape index (κ3) is 3.91. The van der Waals surface area contributed by atoms with Crippen LogP contribution in [0.3, 0.4) is 0 Å². The molecule has 0 atom stereocenters. The first kappa shape index (κ1) is 19.3. The maximum Gasteiger partial charge on any atom is 0.243 e. The number of thiazole rings is 1. The van der Waals surface area contributed by atoms with Crippen LogP contribution in [0.1, 0.15) is 16.1 Å². The number of benzene rings is 1. The third-order valence-electron chi connectivity index (χ3n) is 4.98. The molecular formula is C20H23N3O3S2. The molecule has 0 saturated carbocycles. The van der Waals surface area contributed by atoms with Crippen LogP contribution in [0.4, 0.5) is 0 Å². The molecule has 2 aromatic heterocycles. The van der Waals surface area contributed by atoms with E-state index in [0.29, 0.717) is 31.1 Å². The van der Waals surface area contributed by atoms with Gasteiger partial charge in [0.25, 0.3) is 0 Å². The van der Waals surface area contributed by atoms with Gasteiger partial charge in [0, 0.05) is 31.6 Å². The zero-order chi connectivity index (χ0) is 19.7. The summed E-state index contributed by atoms with van der Waals surface area (Å²) in [6.07, 6.45) is 1.64. The molecule has 1 fully saturated rings. The molecule has 0 unspecified atom stereocenters. The second kappa shape index (κ2) is 7.79. The average Bonchev–Trinajstić information content (AvgIpc) is 3.36. The van der Waals surface area contributed by atoms with Crippen molar-refractivity contribution >= 4 is 21.4 Å². The molecule has 0 spiro atoms. The Labute approximate surface area is 169 Å². The molecule has 1 aromatic carbocycles. The second-order valence-corrected chi connectivity index (χ2v) is 9.90. The largest absolute Gasteiger partial charge is 0.463 e. The first-order valence-electron chi connectivity index (χ1n) is 9.21. The topological polar surface area (TPSA) is 66.7 Å². The van der Waals surface area contributed by atoms with Crippen LogP contribution in [0, 0.1) is 13.8 Å². The van der Waals surface area contributed by atoms with Crippen molar-refractivity contribution in [2.75, 3.05) is 26.2 Å². The van der Waals surface area contributed by atoms with E-state index in [9.17, 15) is 8.42 Å². The standard InChI is InChI=1S/C20H23N3O3S2/c1-15-5-6-16(2)19(12-15)28(24,25)23-9-7-22(8-10-23)13-20-21-17(14-27-20)18-4-3-11-26-18/h3-6,11-12,14H,7-10,13H2,1-2H3. The van der Waals surface area contributed by atoms with Crippen molar-refractivity contribution in [1.82, 2.24) is 14.2 Å². The van der Waals surface area contributed by atoms with E-state index in [2.05, 4.69) is 9.88 Å². The van der Waals surface area contributed by atoms with Crippen molar-refractivity contribution in [3.63, 3.8) is 0 Å². The van der Waals surface area contributed by atoms with E-state index in [-0.39, 0.29) is 0 Å². The molecule has 3 heterocycles. The predicted octanol–water partition coefficient (Wildman–Crippen LogP) is 3.53. The Morgan fingerprint density at radius 2 is 1.93 bits per heavy atom. The van der Waals surface area contributed by atoms with Gasteiger partial charge in [-0.1, -0.05) is 12.1 Å². The number of furan rings is 1. The zero-order valence-corrected chi connectivity index (χ0v) is 17.6. The van der Waals surface area contributed by atoms with Gasteiger partial charge in [-0.3, -0.25) is 4.90 Å². The summed E-state index contributed by atoms with van der Waals surface area (Å²) in [4.78, 5) is 7.30. The Hall–Kier alpha value is -2.00. The van der Waals surface area contributed by atoms with Crippen molar-refractivity contribution in [3.05, 3.63) is 58.1 Å². The summed E-state index contributed by atoms with van der Waals surface area (Å²) < 4.78 is 33.1. The fraction of sp³-hybridized carbons (Fsp3) is 0.350. The lowest BCUT2D eigenvalue weighted by molar-refractivity contribution is 0.181. The highest BCUT2D eigenvalue weighted by molar-refractivity contribution is 7.89. The lowest BCUT2D eigenvalue weighted by Crippen LogP contribution is -2.48. The van der Waals surface area contributed by atoms with Gasteiger partial charge < -0.3 is 4.42 Å². The van der Waals surface area contributed by atoms with E-state index >= 15 is 0 Å². The van der Waals surface area contributed by atoms with Crippen LogP contribution < -0.4 is 0 Å². The van der Waals surface area contributed by atoms with Gasteiger partial charge in [0.2, 0.25) is 10.0 Å². The van der Waals surface area contributed by atoms with E-state index in [0.717, 1.165) is 34.1 Å². The van der Waals surface area contributed by atoms with E-state index in [1.165, 1.54) is 0 Å². The van der Waals surface area contributed by atoms with Gasteiger partial charge in [0.1, 0.15) is 10.7 Å². The van der Waals surface area contributed by atoms with Gasteiger partial charge in [-0.15, -0.1) is 11.3 Å². The molecule has 0 radical (unpaired) electrons. The van der Waals surface area contributed by atoms with Crippen LogP contribution in [0.25, 0.3) is 11.5 Å². The molecule has 3 aromatic rings. The molecule has 28 heavy (non-hydrogen) atoms. The van der Waals surface area contributed by atoms with Gasteiger partial charge in [-0.05, 0) is 43.2 Å². The normalized spacial score (nSPS) is 16.5. The smallest absolute Gasteiger partial charge is 0.243 e. The Bertz CT molecular complexity index is 1050. The van der Waals surface area contributed by atoms with E-state index < -0.39 is 10.0 Å². The fourth-order valence-electron chi connectivity index (χ4n) is 3.36. The van der Waals surface area contributed by atoms with E-state index in [1.807, 2.05) is 43.5 Å². The Kier molecular flexibility index (Phi) is 5.37. The molecule has 1 saturated heterocycles. The molecule has 1 aliphatic heterocycles. The molecular weight excluding hydrogens is 394 g/mol. The highest BCUT2D eigenvalue weighted by atomic mass is 32.2. The molecule has 148 valence electrons. The Morgan fingerprint density at radius 1 is 1.14 bits per heavy atom. The second-order valence-electron chi connectivity index (χ2n) is 7.05. The highest BCUT2D eigenvalue weighted by Gasteiger charge is 2.29. The van der Waals surface area contributed by atoms with Crippen LogP contribution >= 0.6 is 11.3 Å². The van der Waals surface area contributed by atoms with E-state index in [4.69, 9.17) is 4.42 Å². The summed E-state index contributed by atoms with van der Waals surface area (Å²) >= 11 is 1.60. The van der Waals surface area contributed by atoms with Crippen molar-refractivity contribution in [2.45, 2.75) is 25.3 Å². The maximum absolute atomic E-state index is 13.0. The van der Waals surface area contributed by atoms with Crippen LogP contribution in [0.2, 0.25) is 0 Å². The number of aromatic nitrogens is 1. The molecule has 0 bridgehead atoms. The molecule has 0 amide bonds. The quantitative estimate of drug-likeness (QED) is 0.635. The number of rotatable bonds is 5. The van der Waals surface area contributed by atoms with Gasteiger partial charge in [0.05, 0.1) is 17.7 Å². The monoisotopic (exact) mass is 417 g/mol. The lowest BCUT2D eigenvalue weighted by Gasteiger charge is -2.33. The SMILES string of the molecule is Cc1ccc(C)c(S(=O)(=O)N2CCN(Cc3nc(-c4ccco4)cs3)CC2)c1. The molecule has 0 aliphatic carbocycles. The average molecular weight is 418 g/mol. The third-order valence-corrected chi connectivity index (χ3v) is 7.85. The first-order valence-corrected chi connectivity index (χ1v) is 11.5. The summed E-state index contributed by atoms with van der Waals surface area (Å²) in [7, 11) is -3.46. The van der Waals surface area contributed by atoms with Crippen LogP contribution in [0.5, 0.6) is 0 Å². The molecule has 0 N–H and O–H groups in total. The minimum atomic E-state index is -3.46. The minimum absolute atomic E-state index is 0.420. The molecule has 1 aliphatic rings. The summed E-state index contributed by atoms with van der Waals surface area (Å²) in [5.41, 5.74) is 2.60. The number of sulfonamides is 1. The molecule has 6 nitrogen and oxygen atoms in total. The maximum atomic E-state index is 13.0. The van der Waals surface area contributed by atoms with Gasteiger partial charge >= 0.3 is 0 Å². The number of hydrogen-bond acceptors (Lipinski definition) is 6. The summed E-state index contributed by atoms with van der Waals surface area (Å²) in [5, 5.41) is 3.01. The Balaban J connectivity index is 1.40. The van der Waals surface area contributed by atoms with Gasteiger partial charge in [0.15, 0.2) is 5.76 Å². The fourth-order valence-corrected chi connectivity index (χ4v) is 5.92. The molecule has 4 rings (SSSR count). The highest BCUT2D eigenvalue weighted by Crippen LogP contribution is 2.25. The lowest BCUT2D eigenvalue weighted by atomic mass is 10.2.